The van der Waals surface area contributed by atoms with Crippen LogP contribution in [0.2, 0.25) is 0 Å². The predicted octanol–water partition coefficient (Wildman–Crippen LogP) is 3.93. The van der Waals surface area contributed by atoms with Gasteiger partial charge in [0.2, 0.25) is 5.88 Å². The van der Waals surface area contributed by atoms with Gasteiger partial charge in [-0.25, -0.2) is 9.97 Å². The molecule has 5 heteroatoms. The zero-order chi connectivity index (χ0) is 16.7. The highest BCUT2D eigenvalue weighted by Crippen LogP contribution is 2.43. The maximum absolute atomic E-state index is 6.18. The smallest absolute Gasteiger partial charge is 0.224 e. The second kappa shape index (κ2) is 5.64. The average Bonchev–Trinajstić information content (AvgIpc) is 2.93. The number of aromatic nitrogens is 3. The molecule has 0 bridgehead atoms. The number of pyridine rings is 1. The number of hydrogen-bond acceptors (Lipinski definition) is 4. The lowest BCUT2D eigenvalue weighted by molar-refractivity contribution is -0.162. The summed E-state index contributed by atoms with van der Waals surface area (Å²) in [7, 11) is 1.62. The summed E-state index contributed by atoms with van der Waals surface area (Å²) in [5.41, 5.74) is 1.76. The van der Waals surface area contributed by atoms with Crippen LogP contribution in [0.25, 0.3) is 11.4 Å². The van der Waals surface area contributed by atoms with Crippen LogP contribution < -0.4 is 4.74 Å². The van der Waals surface area contributed by atoms with Gasteiger partial charge in [-0.2, -0.15) is 0 Å². The molecule has 0 spiro atoms. The molecule has 0 unspecified atom stereocenters. The van der Waals surface area contributed by atoms with Crippen LogP contribution in [0.15, 0.2) is 24.5 Å². The van der Waals surface area contributed by atoms with Gasteiger partial charge in [-0.3, -0.25) is 0 Å². The Kier molecular flexibility index (Phi) is 3.92. The maximum Gasteiger partial charge on any atom is 0.224 e. The number of ether oxygens (including phenoxy) is 2. The Labute approximate surface area is 137 Å². The fraction of sp³-hybridized carbons (Fsp3) is 0.556. The molecule has 2 aromatic heterocycles. The minimum absolute atomic E-state index is 0.135. The van der Waals surface area contributed by atoms with Crippen molar-refractivity contribution in [2.24, 2.45) is 0 Å². The van der Waals surface area contributed by atoms with Gasteiger partial charge in [-0.15, -0.1) is 0 Å². The third kappa shape index (κ3) is 3.39. The van der Waals surface area contributed by atoms with Gasteiger partial charge in [0.1, 0.15) is 5.82 Å². The van der Waals surface area contributed by atoms with Crippen LogP contribution in [0.5, 0.6) is 5.88 Å². The third-order valence-electron chi connectivity index (χ3n) is 4.28. The first-order valence-electron chi connectivity index (χ1n) is 8.04. The molecule has 3 heterocycles. The van der Waals surface area contributed by atoms with Gasteiger partial charge in [-0.05, 0) is 52.7 Å². The van der Waals surface area contributed by atoms with Crippen molar-refractivity contribution in [3.63, 3.8) is 0 Å². The molecule has 2 aromatic rings. The molecular formula is C18H25N3O2. The average molecular weight is 315 g/mol. The number of nitrogens with one attached hydrogen (secondary N) is 1. The molecule has 5 nitrogen and oxygen atoms in total. The number of nitrogens with zero attached hydrogens (tertiary/aromatic N) is 2. The first-order chi connectivity index (χ1) is 10.8. The summed E-state index contributed by atoms with van der Waals surface area (Å²) in [5.74, 6) is 1.78. The summed E-state index contributed by atoms with van der Waals surface area (Å²) in [4.78, 5) is 12.3. The largest absolute Gasteiger partial charge is 0.480 e. The molecule has 1 fully saturated rings. The second-order valence-electron chi connectivity index (χ2n) is 7.47. The van der Waals surface area contributed by atoms with Crippen molar-refractivity contribution < 1.29 is 9.47 Å². The van der Waals surface area contributed by atoms with E-state index >= 15 is 0 Å². The van der Waals surface area contributed by atoms with Crippen molar-refractivity contribution in [2.75, 3.05) is 7.11 Å². The van der Waals surface area contributed by atoms with Crippen molar-refractivity contribution in [3.8, 4) is 17.3 Å². The van der Waals surface area contributed by atoms with Gasteiger partial charge in [-0.1, -0.05) is 0 Å². The van der Waals surface area contributed by atoms with E-state index in [0.717, 1.165) is 29.9 Å². The topological polar surface area (TPSA) is 60.0 Å². The summed E-state index contributed by atoms with van der Waals surface area (Å²) in [5, 5.41) is 0. The molecule has 124 valence electrons. The van der Waals surface area contributed by atoms with Crippen LogP contribution >= 0.6 is 0 Å². The van der Waals surface area contributed by atoms with Gasteiger partial charge in [0.05, 0.1) is 23.9 Å². The predicted molar refractivity (Wildman–Crippen MR) is 89.6 cm³/mol. The van der Waals surface area contributed by atoms with Crippen molar-refractivity contribution in [2.45, 2.75) is 57.7 Å². The SMILES string of the molecule is COc1ncccc1-c1ncc(C2CC(C)(C)OC(C)(C)C2)[nH]1. The fourth-order valence-corrected chi connectivity index (χ4v) is 3.72. The molecule has 0 radical (unpaired) electrons. The Hall–Kier alpha value is -1.88. The molecular weight excluding hydrogens is 290 g/mol. The summed E-state index contributed by atoms with van der Waals surface area (Å²) in [6, 6.07) is 3.85. The lowest BCUT2D eigenvalue weighted by Gasteiger charge is -2.45. The highest BCUT2D eigenvalue weighted by Gasteiger charge is 2.40. The van der Waals surface area contributed by atoms with E-state index in [1.807, 2.05) is 18.3 Å². The van der Waals surface area contributed by atoms with E-state index in [0.29, 0.717) is 11.8 Å². The number of hydrogen-bond donors (Lipinski definition) is 1. The highest BCUT2D eigenvalue weighted by molar-refractivity contribution is 5.61. The molecule has 1 aliphatic rings. The van der Waals surface area contributed by atoms with Crippen LogP contribution in [0, 0.1) is 0 Å². The Morgan fingerprint density at radius 3 is 2.52 bits per heavy atom. The van der Waals surface area contributed by atoms with Gasteiger partial charge >= 0.3 is 0 Å². The third-order valence-corrected chi connectivity index (χ3v) is 4.28. The minimum atomic E-state index is -0.135. The monoisotopic (exact) mass is 315 g/mol. The minimum Gasteiger partial charge on any atom is -0.480 e. The lowest BCUT2D eigenvalue weighted by Crippen LogP contribution is -2.44. The van der Waals surface area contributed by atoms with E-state index in [9.17, 15) is 0 Å². The highest BCUT2D eigenvalue weighted by atomic mass is 16.5. The van der Waals surface area contributed by atoms with Crippen molar-refractivity contribution >= 4 is 0 Å². The maximum atomic E-state index is 6.18. The number of imidazole rings is 1. The molecule has 23 heavy (non-hydrogen) atoms. The van der Waals surface area contributed by atoms with E-state index in [1.54, 1.807) is 13.3 Å². The van der Waals surface area contributed by atoms with Crippen molar-refractivity contribution in [1.29, 1.82) is 0 Å². The Morgan fingerprint density at radius 2 is 1.87 bits per heavy atom. The van der Waals surface area contributed by atoms with Crippen LogP contribution in [-0.4, -0.2) is 33.3 Å². The number of rotatable bonds is 3. The molecule has 0 aromatic carbocycles. The zero-order valence-electron chi connectivity index (χ0n) is 14.5. The molecule has 1 saturated heterocycles. The lowest BCUT2D eigenvalue weighted by atomic mass is 9.79. The molecule has 1 N–H and O–H groups in total. The van der Waals surface area contributed by atoms with Gasteiger partial charge in [0.25, 0.3) is 0 Å². The van der Waals surface area contributed by atoms with Crippen LogP contribution in [0.3, 0.4) is 0 Å². The van der Waals surface area contributed by atoms with E-state index in [-0.39, 0.29) is 11.2 Å². The van der Waals surface area contributed by atoms with Crippen LogP contribution in [0.1, 0.15) is 52.1 Å². The molecule has 1 aliphatic heterocycles. The molecule has 0 atom stereocenters. The van der Waals surface area contributed by atoms with E-state index < -0.39 is 0 Å². The number of methoxy groups -OCH3 is 1. The van der Waals surface area contributed by atoms with Gasteiger partial charge in [0, 0.05) is 24.0 Å². The molecule has 3 rings (SSSR count). The quantitative estimate of drug-likeness (QED) is 0.932. The van der Waals surface area contributed by atoms with Crippen LogP contribution in [0.4, 0.5) is 0 Å². The number of aromatic amines is 1. The Bertz CT molecular complexity index is 675. The molecule has 0 amide bonds. The van der Waals surface area contributed by atoms with Crippen LogP contribution in [-0.2, 0) is 4.74 Å². The number of H-pyrrole nitrogens is 1. The first kappa shape index (κ1) is 16.0. The summed E-state index contributed by atoms with van der Waals surface area (Å²) >= 11 is 0. The normalized spacial score (nSPS) is 20.4. The summed E-state index contributed by atoms with van der Waals surface area (Å²) in [6.45, 7) is 8.62. The van der Waals surface area contributed by atoms with E-state index in [1.165, 1.54) is 0 Å². The Balaban J connectivity index is 1.90. The van der Waals surface area contributed by atoms with E-state index in [4.69, 9.17) is 9.47 Å². The molecule has 0 aliphatic carbocycles. The Morgan fingerprint density at radius 1 is 1.17 bits per heavy atom. The zero-order valence-corrected chi connectivity index (χ0v) is 14.5. The van der Waals surface area contributed by atoms with Gasteiger partial charge in [0.15, 0.2) is 0 Å². The second-order valence-corrected chi connectivity index (χ2v) is 7.47. The summed E-state index contributed by atoms with van der Waals surface area (Å²) < 4.78 is 11.5. The van der Waals surface area contributed by atoms with E-state index in [2.05, 4.69) is 42.6 Å². The fourth-order valence-electron chi connectivity index (χ4n) is 3.72. The first-order valence-corrected chi connectivity index (χ1v) is 8.04. The van der Waals surface area contributed by atoms with Crippen molar-refractivity contribution in [1.82, 2.24) is 15.0 Å². The summed E-state index contributed by atoms with van der Waals surface area (Å²) in [6.07, 6.45) is 5.60. The van der Waals surface area contributed by atoms with Crippen molar-refractivity contribution in [3.05, 3.63) is 30.2 Å². The standard InChI is InChI=1S/C18H25N3O2/c1-17(2)9-12(10-18(3,4)23-17)14-11-20-15(21-14)13-7-6-8-19-16(13)22-5/h6-8,11-12H,9-10H2,1-5H3,(H,20,21). The van der Waals surface area contributed by atoms with Gasteiger partial charge < -0.3 is 14.5 Å². The molecule has 0 saturated carbocycles.